The third kappa shape index (κ3) is 8.36. The first-order chi connectivity index (χ1) is 21.4. The maximum Gasteiger partial charge on any atom is 0.310 e. The molecule has 0 saturated carbocycles. The summed E-state index contributed by atoms with van der Waals surface area (Å²) in [5.74, 6) is 0.997. The van der Waals surface area contributed by atoms with Crippen molar-refractivity contribution in [1.29, 1.82) is 0 Å². The predicted molar refractivity (Wildman–Crippen MR) is 168 cm³/mol. The monoisotopic (exact) mass is 606 g/mol. The Morgan fingerprint density at radius 3 is 2.43 bits per heavy atom. The maximum absolute atomic E-state index is 13.6. The summed E-state index contributed by atoms with van der Waals surface area (Å²) < 4.78 is 37.5. The third-order valence-electron chi connectivity index (χ3n) is 7.57. The van der Waals surface area contributed by atoms with Gasteiger partial charge in [0, 0.05) is 44.0 Å². The lowest BCUT2D eigenvalue weighted by molar-refractivity contribution is -0.135. The molecule has 1 unspecified atom stereocenters. The fourth-order valence-corrected chi connectivity index (χ4v) is 5.26. The molecule has 0 radical (unpaired) electrons. The predicted octanol–water partition coefficient (Wildman–Crippen LogP) is 5.69. The molecule has 1 aliphatic rings. The van der Waals surface area contributed by atoms with Crippen LogP contribution >= 0.6 is 0 Å². The van der Waals surface area contributed by atoms with Crippen LogP contribution in [0.15, 0.2) is 48.5 Å². The lowest BCUT2D eigenvalue weighted by Gasteiger charge is -2.28. The van der Waals surface area contributed by atoms with Gasteiger partial charge in [0.15, 0.2) is 0 Å². The number of fused-ring (bicyclic) bond motifs is 1. The van der Waals surface area contributed by atoms with Crippen molar-refractivity contribution in [3.63, 3.8) is 0 Å². The van der Waals surface area contributed by atoms with Gasteiger partial charge >= 0.3 is 5.97 Å². The van der Waals surface area contributed by atoms with E-state index in [4.69, 9.17) is 24.7 Å². The van der Waals surface area contributed by atoms with Crippen LogP contribution in [0.25, 0.3) is 11.1 Å². The van der Waals surface area contributed by atoms with Gasteiger partial charge in [0.25, 0.3) is 0 Å². The summed E-state index contributed by atoms with van der Waals surface area (Å²) in [5.41, 5.74) is 11.3. The molecule has 0 aromatic heterocycles. The molecule has 3 N–H and O–H groups in total. The van der Waals surface area contributed by atoms with Crippen LogP contribution in [-0.4, -0.2) is 44.3 Å². The standard InChI is InChI=1S/C35H43FN2O6/c1-4-8-27-28-20-33(35(40)38-16-15-37)43-22-25(28)11-14-30(27)41-17-7-18-42-31-21-32(44-34(39)6-3)29(19-23(31)5-2)24-9-12-26(36)13-10-24/h9-14,19,21,33H,4-8,15-18,20,22,37H2,1-3H3,(H,38,40). The molecule has 0 saturated heterocycles. The SMILES string of the molecule is CCCc1c(OCCCOc2cc(OC(=O)CC)c(-c3ccc(F)cc3)cc2CC)ccc2c1CC(C(=O)NCCN)OC2. The molecular weight excluding hydrogens is 563 g/mol. The Labute approximate surface area is 259 Å². The van der Waals surface area contributed by atoms with Crippen molar-refractivity contribution in [2.24, 2.45) is 5.73 Å². The Bertz CT molecular complexity index is 1430. The highest BCUT2D eigenvalue weighted by Crippen LogP contribution is 2.37. The van der Waals surface area contributed by atoms with E-state index >= 15 is 0 Å². The van der Waals surface area contributed by atoms with E-state index in [1.165, 1.54) is 12.1 Å². The third-order valence-corrected chi connectivity index (χ3v) is 7.57. The minimum Gasteiger partial charge on any atom is -0.493 e. The highest BCUT2D eigenvalue weighted by molar-refractivity contribution is 5.81. The van der Waals surface area contributed by atoms with Crippen LogP contribution in [0.1, 0.15) is 62.3 Å². The second kappa shape index (κ2) is 16.2. The number of rotatable bonds is 15. The molecule has 44 heavy (non-hydrogen) atoms. The highest BCUT2D eigenvalue weighted by Gasteiger charge is 2.28. The normalized spacial score (nSPS) is 14.1. The van der Waals surface area contributed by atoms with E-state index in [1.807, 2.05) is 25.1 Å². The van der Waals surface area contributed by atoms with Gasteiger partial charge in [-0.3, -0.25) is 9.59 Å². The zero-order chi connectivity index (χ0) is 31.5. The van der Waals surface area contributed by atoms with Gasteiger partial charge in [0.05, 0.1) is 19.8 Å². The van der Waals surface area contributed by atoms with Crippen molar-refractivity contribution in [1.82, 2.24) is 5.32 Å². The zero-order valence-corrected chi connectivity index (χ0v) is 25.9. The number of halogens is 1. The van der Waals surface area contributed by atoms with E-state index in [-0.39, 0.29) is 24.1 Å². The molecule has 1 aliphatic heterocycles. The summed E-state index contributed by atoms with van der Waals surface area (Å²) >= 11 is 0. The molecule has 0 fully saturated rings. The molecule has 4 rings (SSSR count). The molecule has 236 valence electrons. The number of amides is 1. The summed E-state index contributed by atoms with van der Waals surface area (Å²) in [6.07, 6.45) is 3.29. The minimum atomic E-state index is -0.544. The fraction of sp³-hybridized carbons (Fsp3) is 0.429. The van der Waals surface area contributed by atoms with Gasteiger partial charge in [-0.2, -0.15) is 0 Å². The van der Waals surface area contributed by atoms with E-state index in [0.717, 1.165) is 46.4 Å². The Balaban J connectivity index is 1.43. The highest BCUT2D eigenvalue weighted by atomic mass is 19.1. The summed E-state index contributed by atoms with van der Waals surface area (Å²) in [7, 11) is 0. The van der Waals surface area contributed by atoms with Crippen LogP contribution in [0.5, 0.6) is 17.2 Å². The molecule has 3 aromatic rings. The molecule has 8 nitrogen and oxygen atoms in total. The number of ether oxygens (including phenoxy) is 4. The summed E-state index contributed by atoms with van der Waals surface area (Å²) in [4.78, 5) is 24.7. The average Bonchev–Trinajstić information content (AvgIpc) is 3.04. The van der Waals surface area contributed by atoms with Crippen LogP contribution < -0.4 is 25.3 Å². The Morgan fingerprint density at radius 2 is 1.75 bits per heavy atom. The lowest BCUT2D eigenvalue weighted by Crippen LogP contribution is -2.41. The summed E-state index contributed by atoms with van der Waals surface area (Å²) in [6.45, 7) is 7.91. The Morgan fingerprint density at radius 1 is 1.00 bits per heavy atom. The summed E-state index contributed by atoms with van der Waals surface area (Å²) in [5, 5.41) is 2.83. The lowest BCUT2D eigenvalue weighted by atomic mass is 9.91. The smallest absolute Gasteiger partial charge is 0.310 e. The molecule has 1 heterocycles. The number of esters is 1. The van der Waals surface area contributed by atoms with Crippen molar-refractivity contribution in [2.75, 3.05) is 26.3 Å². The number of hydrogen-bond acceptors (Lipinski definition) is 7. The molecule has 1 atom stereocenters. The molecule has 1 amide bonds. The molecular formula is C35H43FN2O6. The van der Waals surface area contributed by atoms with Crippen LogP contribution in [0.4, 0.5) is 4.39 Å². The largest absolute Gasteiger partial charge is 0.493 e. The Kier molecular flexibility index (Phi) is 12.1. The topological polar surface area (TPSA) is 109 Å². The van der Waals surface area contributed by atoms with Crippen molar-refractivity contribution < 1.29 is 32.9 Å². The van der Waals surface area contributed by atoms with Crippen molar-refractivity contribution in [2.45, 2.75) is 72.0 Å². The van der Waals surface area contributed by atoms with Crippen LogP contribution in [0.2, 0.25) is 0 Å². The quantitative estimate of drug-likeness (QED) is 0.130. The van der Waals surface area contributed by atoms with Crippen molar-refractivity contribution >= 4 is 11.9 Å². The average molecular weight is 607 g/mol. The summed E-state index contributed by atoms with van der Waals surface area (Å²) in [6, 6.07) is 13.8. The van der Waals surface area contributed by atoms with Gasteiger partial charge in [0.1, 0.15) is 29.2 Å². The number of aryl methyl sites for hydroxylation is 1. The fourth-order valence-electron chi connectivity index (χ4n) is 5.26. The van der Waals surface area contributed by atoms with Crippen molar-refractivity contribution in [3.05, 3.63) is 76.6 Å². The first kappa shape index (κ1) is 33.0. The second-order valence-corrected chi connectivity index (χ2v) is 10.7. The van der Waals surface area contributed by atoms with E-state index < -0.39 is 6.10 Å². The van der Waals surface area contributed by atoms with Crippen molar-refractivity contribution in [3.8, 4) is 28.4 Å². The second-order valence-electron chi connectivity index (χ2n) is 10.7. The van der Waals surface area contributed by atoms with E-state index in [9.17, 15) is 14.0 Å². The Hall–Kier alpha value is -3.95. The number of nitrogens with one attached hydrogen (secondary N) is 1. The van der Waals surface area contributed by atoms with Gasteiger partial charge in [-0.25, -0.2) is 4.39 Å². The molecule has 9 heteroatoms. The molecule has 0 bridgehead atoms. The van der Waals surface area contributed by atoms with Crippen LogP contribution in [0, 0.1) is 5.82 Å². The molecule has 0 aliphatic carbocycles. The number of benzene rings is 3. The molecule has 3 aromatic carbocycles. The van der Waals surface area contributed by atoms with E-state index in [0.29, 0.717) is 69.2 Å². The zero-order valence-electron chi connectivity index (χ0n) is 25.9. The van der Waals surface area contributed by atoms with Gasteiger partial charge in [-0.15, -0.1) is 0 Å². The first-order valence-electron chi connectivity index (χ1n) is 15.5. The van der Waals surface area contributed by atoms with E-state index in [2.05, 4.69) is 12.2 Å². The first-order valence-corrected chi connectivity index (χ1v) is 15.5. The van der Waals surface area contributed by atoms with E-state index in [1.54, 1.807) is 25.1 Å². The maximum atomic E-state index is 13.6. The number of carbonyl (C=O) groups is 2. The van der Waals surface area contributed by atoms with Crippen LogP contribution in [-0.2, 0) is 40.2 Å². The van der Waals surface area contributed by atoms with Gasteiger partial charge in [0.2, 0.25) is 5.91 Å². The van der Waals surface area contributed by atoms with Crippen LogP contribution in [0.3, 0.4) is 0 Å². The minimum absolute atomic E-state index is 0.142. The van der Waals surface area contributed by atoms with Gasteiger partial charge in [-0.1, -0.05) is 45.4 Å². The number of nitrogens with two attached hydrogens (primary N) is 1. The van der Waals surface area contributed by atoms with Gasteiger partial charge in [-0.05, 0) is 64.9 Å². The molecule has 0 spiro atoms. The van der Waals surface area contributed by atoms with Gasteiger partial charge < -0.3 is 30.0 Å². The number of hydrogen-bond donors (Lipinski definition) is 2. The number of carbonyl (C=O) groups excluding carboxylic acids is 2.